The first-order valence-corrected chi connectivity index (χ1v) is 7.06. The minimum atomic E-state index is -0.0575. The third kappa shape index (κ3) is 2.37. The van der Waals surface area contributed by atoms with Crippen LogP contribution < -0.4 is 10.9 Å². The van der Waals surface area contributed by atoms with Gasteiger partial charge in [-0.25, -0.2) is 0 Å². The molecule has 1 aliphatic rings. The lowest BCUT2D eigenvalue weighted by Crippen LogP contribution is -2.47. The van der Waals surface area contributed by atoms with E-state index in [-0.39, 0.29) is 17.2 Å². The second-order valence-electron chi connectivity index (χ2n) is 5.74. The molecule has 1 aliphatic heterocycles. The Morgan fingerprint density at radius 2 is 2.25 bits per heavy atom. The van der Waals surface area contributed by atoms with Crippen molar-refractivity contribution in [2.24, 2.45) is 0 Å². The van der Waals surface area contributed by atoms with E-state index in [0.717, 1.165) is 29.5 Å². The molecule has 0 radical (unpaired) electrons. The first-order valence-electron chi connectivity index (χ1n) is 7.06. The van der Waals surface area contributed by atoms with E-state index in [4.69, 9.17) is 4.74 Å². The summed E-state index contributed by atoms with van der Waals surface area (Å²) in [5, 5.41) is 4.54. The van der Waals surface area contributed by atoms with Crippen molar-refractivity contribution in [1.29, 1.82) is 0 Å². The van der Waals surface area contributed by atoms with Gasteiger partial charge in [-0.1, -0.05) is 18.2 Å². The minimum Gasteiger partial charge on any atom is -0.377 e. The van der Waals surface area contributed by atoms with E-state index in [1.807, 2.05) is 30.3 Å². The highest BCUT2D eigenvalue weighted by Crippen LogP contribution is 2.25. The van der Waals surface area contributed by atoms with Crippen LogP contribution in [0.25, 0.3) is 10.9 Å². The fourth-order valence-corrected chi connectivity index (χ4v) is 2.69. The van der Waals surface area contributed by atoms with E-state index in [9.17, 15) is 4.79 Å². The number of aromatic amines is 1. The Balaban J connectivity index is 1.84. The number of pyridine rings is 1. The number of hydrogen-bond donors (Lipinski definition) is 2. The van der Waals surface area contributed by atoms with Gasteiger partial charge in [0.25, 0.3) is 5.56 Å². The van der Waals surface area contributed by atoms with Gasteiger partial charge in [-0.2, -0.15) is 0 Å². The average molecular weight is 272 g/mol. The fourth-order valence-electron chi connectivity index (χ4n) is 2.69. The van der Waals surface area contributed by atoms with E-state index in [1.165, 1.54) is 0 Å². The predicted octanol–water partition coefficient (Wildman–Crippen LogP) is 2.19. The zero-order valence-corrected chi connectivity index (χ0v) is 11.9. The summed E-state index contributed by atoms with van der Waals surface area (Å²) in [5.41, 5.74) is 1.57. The summed E-state index contributed by atoms with van der Waals surface area (Å²) in [6, 6.07) is 9.80. The minimum absolute atomic E-state index is 0.0219. The molecule has 2 aromatic rings. The lowest BCUT2D eigenvalue weighted by atomic mass is 9.94. The number of para-hydroxylation sites is 1. The van der Waals surface area contributed by atoms with E-state index < -0.39 is 0 Å². The van der Waals surface area contributed by atoms with Crippen LogP contribution in [0.3, 0.4) is 0 Å². The predicted molar refractivity (Wildman–Crippen MR) is 79.8 cm³/mol. The maximum Gasteiger partial charge on any atom is 0.252 e. The number of aromatic nitrogens is 1. The Bertz CT molecular complexity index is 679. The Morgan fingerprint density at radius 1 is 1.45 bits per heavy atom. The van der Waals surface area contributed by atoms with Crippen LogP contribution in [0.1, 0.15) is 25.8 Å². The van der Waals surface area contributed by atoms with Gasteiger partial charge < -0.3 is 15.0 Å². The van der Waals surface area contributed by atoms with Crippen LogP contribution in [0.2, 0.25) is 0 Å². The van der Waals surface area contributed by atoms with Gasteiger partial charge in [0.05, 0.1) is 6.10 Å². The van der Waals surface area contributed by atoms with Crippen LogP contribution in [0.5, 0.6) is 0 Å². The molecule has 1 aromatic carbocycles. The SMILES string of the molecule is CC1OCCC1(C)NCc1cc2ccccc2[nH]c1=O. The molecule has 2 N–H and O–H groups in total. The Morgan fingerprint density at radius 3 is 3.00 bits per heavy atom. The summed E-state index contributed by atoms with van der Waals surface area (Å²) in [6.45, 7) is 5.56. The van der Waals surface area contributed by atoms with Crippen molar-refractivity contribution in [3.05, 3.63) is 46.2 Å². The first-order chi connectivity index (χ1) is 9.58. The van der Waals surface area contributed by atoms with Gasteiger partial charge in [0.2, 0.25) is 0 Å². The van der Waals surface area contributed by atoms with Crippen LogP contribution >= 0.6 is 0 Å². The number of rotatable bonds is 3. The van der Waals surface area contributed by atoms with Gasteiger partial charge in [-0.3, -0.25) is 4.79 Å². The largest absolute Gasteiger partial charge is 0.377 e. The number of hydrogen-bond acceptors (Lipinski definition) is 3. The monoisotopic (exact) mass is 272 g/mol. The van der Waals surface area contributed by atoms with E-state index in [0.29, 0.717) is 6.54 Å². The lowest BCUT2D eigenvalue weighted by molar-refractivity contribution is 0.0881. The Hall–Kier alpha value is -1.65. The third-order valence-electron chi connectivity index (χ3n) is 4.40. The quantitative estimate of drug-likeness (QED) is 0.900. The molecule has 4 nitrogen and oxygen atoms in total. The van der Waals surface area contributed by atoms with Crippen molar-refractivity contribution in [1.82, 2.24) is 10.3 Å². The standard InChI is InChI=1S/C16H20N2O2/c1-11-16(2,7-8-20-11)17-10-13-9-12-5-3-4-6-14(12)18-15(13)19/h3-6,9,11,17H,7-8,10H2,1-2H3,(H,18,19). The molecule has 2 unspecified atom stereocenters. The van der Waals surface area contributed by atoms with Crippen molar-refractivity contribution < 1.29 is 4.74 Å². The summed E-state index contributed by atoms with van der Waals surface area (Å²) in [4.78, 5) is 15.0. The van der Waals surface area contributed by atoms with Gasteiger partial charge in [0, 0.05) is 29.8 Å². The van der Waals surface area contributed by atoms with E-state index in [2.05, 4.69) is 24.1 Å². The number of H-pyrrole nitrogens is 1. The summed E-state index contributed by atoms with van der Waals surface area (Å²) in [7, 11) is 0. The number of fused-ring (bicyclic) bond motifs is 1. The number of benzene rings is 1. The average Bonchev–Trinajstić information content (AvgIpc) is 2.77. The van der Waals surface area contributed by atoms with Gasteiger partial charge in [-0.15, -0.1) is 0 Å². The Kier molecular flexibility index (Phi) is 3.36. The molecule has 3 rings (SSSR count). The van der Waals surface area contributed by atoms with Gasteiger partial charge in [-0.05, 0) is 37.8 Å². The summed E-state index contributed by atoms with van der Waals surface area (Å²) in [6.07, 6.45) is 1.14. The van der Waals surface area contributed by atoms with Crippen LogP contribution in [0.15, 0.2) is 35.1 Å². The molecule has 0 spiro atoms. The fraction of sp³-hybridized carbons (Fsp3) is 0.438. The normalized spacial score (nSPS) is 26.2. The van der Waals surface area contributed by atoms with Crippen molar-refractivity contribution in [2.75, 3.05) is 6.61 Å². The van der Waals surface area contributed by atoms with Crippen molar-refractivity contribution in [3.8, 4) is 0 Å². The summed E-state index contributed by atoms with van der Waals surface area (Å²) < 4.78 is 5.61. The number of ether oxygens (including phenoxy) is 1. The zero-order valence-electron chi connectivity index (χ0n) is 11.9. The maximum atomic E-state index is 12.1. The first kappa shape index (κ1) is 13.3. The summed E-state index contributed by atoms with van der Waals surface area (Å²) in [5.74, 6) is 0. The van der Waals surface area contributed by atoms with E-state index in [1.54, 1.807) is 0 Å². The van der Waals surface area contributed by atoms with Gasteiger partial charge >= 0.3 is 0 Å². The lowest BCUT2D eigenvalue weighted by Gasteiger charge is -2.29. The van der Waals surface area contributed by atoms with Crippen molar-refractivity contribution in [3.63, 3.8) is 0 Å². The molecule has 2 atom stereocenters. The smallest absolute Gasteiger partial charge is 0.252 e. The van der Waals surface area contributed by atoms with Crippen LogP contribution in [-0.2, 0) is 11.3 Å². The molecule has 1 aromatic heterocycles. The van der Waals surface area contributed by atoms with Crippen LogP contribution in [0.4, 0.5) is 0 Å². The van der Waals surface area contributed by atoms with Crippen molar-refractivity contribution >= 4 is 10.9 Å². The molecule has 4 heteroatoms. The van der Waals surface area contributed by atoms with Gasteiger partial charge in [0.15, 0.2) is 0 Å². The molecule has 0 amide bonds. The molecule has 1 saturated heterocycles. The van der Waals surface area contributed by atoms with Crippen LogP contribution in [0, 0.1) is 0 Å². The Labute approximate surface area is 118 Å². The molecule has 2 heterocycles. The second kappa shape index (κ2) is 5.04. The highest BCUT2D eigenvalue weighted by atomic mass is 16.5. The maximum absolute atomic E-state index is 12.1. The zero-order chi connectivity index (χ0) is 14.2. The molecular formula is C16H20N2O2. The third-order valence-corrected chi connectivity index (χ3v) is 4.40. The summed E-state index contributed by atoms with van der Waals surface area (Å²) >= 11 is 0. The highest BCUT2D eigenvalue weighted by Gasteiger charge is 2.36. The molecule has 0 aliphatic carbocycles. The molecule has 1 fully saturated rings. The molecule has 106 valence electrons. The number of nitrogens with one attached hydrogen (secondary N) is 2. The molecule has 20 heavy (non-hydrogen) atoms. The van der Waals surface area contributed by atoms with Gasteiger partial charge in [0.1, 0.15) is 0 Å². The molecule has 0 saturated carbocycles. The van der Waals surface area contributed by atoms with E-state index >= 15 is 0 Å². The van der Waals surface area contributed by atoms with Crippen LogP contribution in [-0.4, -0.2) is 23.2 Å². The van der Waals surface area contributed by atoms with Crippen molar-refractivity contribution in [2.45, 2.75) is 38.5 Å². The molecular weight excluding hydrogens is 252 g/mol. The topological polar surface area (TPSA) is 54.1 Å². The second-order valence-corrected chi connectivity index (χ2v) is 5.74. The highest BCUT2D eigenvalue weighted by molar-refractivity contribution is 5.78. The molecule has 0 bridgehead atoms.